The number of hydrogen-bond donors (Lipinski definition) is 2. The van der Waals surface area contributed by atoms with Gasteiger partial charge in [-0.25, -0.2) is 15.2 Å². The SMILES string of the molecule is Cc1cc(C)n(C(=O)CSc2n[nH]c(N/N=C\c3ccco3)n2)n1. The van der Waals surface area contributed by atoms with Gasteiger partial charge in [-0.05, 0) is 32.0 Å². The third-order valence-corrected chi connectivity index (χ3v) is 3.77. The van der Waals surface area contributed by atoms with Gasteiger partial charge in [0, 0.05) is 5.69 Å². The molecule has 0 saturated heterocycles. The number of nitrogens with zero attached hydrogens (tertiary/aromatic N) is 5. The van der Waals surface area contributed by atoms with Gasteiger partial charge in [0.2, 0.25) is 11.1 Å². The molecule has 0 fully saturated rings. The molecule has 24 heavy (non-hydrogen) atoms. The smallest absolute Gasteiger partial charge is 0.257 e. The average Bonchev–Trinajstić information content (AvgIpc) is 3.27. The van der Waals surface area contributed by atoms with E-state index in [1.165, 1.54) is 22.7 Å². The van der Waals surface area contributed by atoms with Crippen molar-refractivity contribution in [3.63, 3.8) is 0 Å². The van der Waals surface area contributed by atoms with Crippen LogP contribution < -0.4 is 5.43 Å². The molecular weight excluding hydrogens is 330 g/mol. The van der Waals surface area contributed by atoms with Gasteiger partial charge in [0.1, 0.15) is 5.76 Å². The maximum atomic E-state index is 12.1. The number of hydrogen-bond acceptors (Lipinski definition) is 8. The van der Waals surface area contributed by atoms with Crippen LogP contribution in [0.4, 0.5) is 5.95 Å². The van der Waals surface area contributed by atoms with Crippen molar-refractivity contribution in [2.75, 3.05) is 11.2 Å². The summed E-state index contributed by atoms with van der Waals surface area (Å²) in [5, 5.41) is 15.3. The van der Waals surface area contributed by atoms with Crippen molar-refractivity contribution in [3.05, 3.63) is 41.6 Å². The number of furan rings is 1. The standard InChI is InChI=1S/C14H15N7O2S/c1-9-6-10(2)21(20-9)12(22)8-24-14-16-13(18-19-14)17-15-7-11-4-3-5-23-11/h3-7H,8H2,1-2H3,(H2,16,17,18,19)/b15-7-. The highest BCUT2D eigenvalue weighted by molar-refractivity contribution is 7.99. The van der Waals surface area contributed by atoms with Crippen LogP contribution in [0.15, 0.2) is 39.1 Å². The third kappa shape index (κ3) is 3.90. The number of rotatable bonds is 6. The summed E-state index contributed by atoms with van der Waals surface area (Å²) in [6, 6.07) is 5.40. The van der Waals surface area contributed by atoms with Crippen molar-refractivity contribution in [2.24, 2.45) is 5.10 Å². The highest BCUT2D eigenvalue weighted by Crippen LogP contribution is 2.15. The topological polar surface area (TPSA) is 114 Å². The lowest BCUT2D eigenvalue weighted by Gasteiger charge is -2.00. The number of hydrazone groups is 1. The number of carbonyl (C=O) groups is 1. The van der Waals surface area contributed by atoms with Gasteiger partial charge in [-0.2, -0.15) is 15.2 Å². The van der Waals surface area contributed by atoms with Crippen molar-refractivity contribution in [1.29, 1.82) is 0 Å². The first-order valence-electron chi connectivity index (χ1n) is 7.06. The zero-order valence-electron chi connectivity index (χ0n) is 13.1. The van der Waals surface area contributed by atoms with E-state index < -0.39 is 0 Å². The van der Waals surface area contributed by atoms with E-state index in [4.69, 9.17) is 4.42 Å². The molecule has 3 aromatic rings. The number of carbonyl (C=O) groups excluding carboxylic acids is 1. The lowest BCUT2D eigenvalue weighted by molar-refractivity contribution is 0.0924. The van der Waals surface area contributed by atoms with Crippen molar-refractivity contribution >= 4 is 29.8 Å². The van der Waals surface area contributed by atoms with Gasteiger partial charge in [-0.1, -0.05) is 11.8 Å². The van der Waals surface area contributed by atoms with Crippen LogP contribution in [0.25, 0.3) is 0 Å². The fourth-order valence-corrected chi connectivity index (χ4v) is 2.59. The molecule has 0 amide bonds. The first-order valence-corrected chi connectivity index (χ1v) is 8.04. The van der Waals surface area contributed by atoms with Gasteiger partial charge in [0.05, 0.1) is 23.9 Å². The molecule has 2 N–H and O–H groups in total. The van der Waals surface area contributed by atoms with Gasteiger partial charge >= 0.3 is 0 Å². The van der Waals surface area contributed by atoms with E-state index in [-0.39, 0.29) is 11.7 Å². The summed E-state index contributed by atoms with van der Waals surface area (Å²) >= 11 is 1.22. The molecule has 0 aliphatic carbocycles. The molecule has 9 nitrogen and oxygen atoms in total. The van der Waals surface area contributed by atoms with Gasteiger partial charge in [-0.3, -0.25) is 4.79 Å². The second-order valence-electron chi connectivity index (χ2n) is 4.87. The Kier molecular flexibility index (Phi) is 4.75. The molecule has 0 unspecified atom stereocenters. The summed E-state index contributed by atoms with van der Waals surface area (Å²) in [5.41, 5.74) is 4.32. The Bertz CT molecular complexity index is 850. The maximum absolute atomic E-state index is 12.1. The molecule has 124 valence electrons. The minimum absolute atomic E-state index is 0.124. The summed E-state index contributed by atoms with van der Waals surface area (Å²) in [5.74, 6) is 1.06. The summed E-state index contributed by atoms with van der Waals surface area (Å²) < 4.78 is 6.50. The van der Waals surface area contributed by atoms with Crippen LogP contribution in [-0.2, 0) is 0 Å². The molecule has 10 heteroatoms. The first-order chi connectivity index (χ1) is 11.6. The number of aromatic nitrogens is 5. The molecule has 0 aliphatic rings. The average molecular weight is 345 g/mol. The molecule has 0 aliphatic heterocycles. The summed E-state index contributed by atoms with van der Waals surface area (Å²) in [7, 11) is 0. The van der Waals surface area contributed by atoms with Crippen molar-refractivity contribution < 1.29 is 9.21 Å². The summed E-state index contributed by atoms with van der Waals surface area (Å²) in [6.45, 7) is 3.69. The number of aryl methyl sites for hydroxylation is 2. The second-order valence-corrected chi connectivity index (χ2v) is 5.82. The number of aromatic amines is 1. The van der Waals surface area contributed by atoms with E-state index in [1.807, 2.05) is 19.9 Å². The predicted molar refractivity (Wildman–Crippen MR) is 89.4 cm³/mol. The Morgan fingerprint density at radius 1 is 1.54 bits per heavy atom. The van der Waals surface area contributed by atoms with Crippen molar-refractivity contribution in [1.82, 2.24) is 25.0 Å². The van der Waals surface area contributed by atoms with Crippen LogP contribution in [-0.4, -0.2) is 42.8 Å². The summed E-state index contributed by atoms with van der Waals surface area (Å²) in [6.07, 6.45) is 3.08. The van der Waals surface area contributed by atoms with Crippen LogP contribution in [0.2, 0.25) is 0 Å². The monoisotopic (exact) mass is 345 g/mol. The molecule has 0 atom stereocenters. The van der Waals surface area contributed by atoms with Gasteiger partial charge in [0.25, 0.3) is 5.91 Å². The Labute approximate surface area is 141 Å². The molecular formula is C14H15N7O2S. The van der Waals surface area contributed by atoms with Crippen LogP contribution in [0.5, 0.6) is 0 Å². The number of anilines is 1. The lowest BCUT2D eigenvalue weighted by atomic mass is 10.4. The molecule has 0 saturated carbocycles. The Morgan fingerprint density at radius 3 is 3.12 bits per heavy atom. The zero-order valence-corrected chi connectivity index (χ0v) is 13.9. The van der Waals surface area contributed by atoms with Crippen LogP contribution in [0.3, 0.4) is 0 Å². The lowest BCUT2D eigenvalue weighted by Crippen LogP contribution is -2.16. The maximum Gasteiger partial charge on any atom is 0.257 e. The minimum atomic E-state index is -0.124. The molecule has 3 rings (SSSR count). The van der Waals surface area contributed by atoms with Crippen LogP contribution >= 0.6 is 11.8 Å². The summed E-state index contributed by atoms with van der Waals surface area (Å²) in [4.78, 5) is 16.3. The van der Waals surface area contributed by atoms with Crippen molar-refractivity contribution in [3.8, 4) is 0 Å². The van der Waals surface area contributed by atoms with Crippen LogP contribution in [0.1, 0.15) is 21.9 Å². The largest absolute Gasteiger partial charge is 0.463 e. The number of thioether (sulfide) groups is 1. The van der Waals surface area contributed by atoms with E-state index in [1.54, 1.807) is 18.4 Å². The Morgan fingerprint density at radius 2 is 2.42 bits per heavy atom. The van der Waals surface area contributed by atoms with Crippen LogP contribution in [0, 0.1) is 13.8 Å². The Balaban J connectivity index is 1.52. The fourth-order valence-electron chi connectivity index (χ4n) is 1.95. The Hall–Kier alpha value is -2.88. The van der Waals surface area contributed by atoms with E-state index in [2.05, 4.69) is 30.8 Å². The first kappa shape index (κ1) is 16.0. The van der Waals surface area contributed by atoms with E-state index in [0.717, 1.165) is 11.4 Å². The third-order valence-electron chi connectivity index (χ3n) is 2.94. The fraction of sp³-hybridized carbons (Fsp3) is 0.214. The van der Waals surface area contributed by atoms with Gasteiger partial charge in [0.15, 0.2) is 0 Å². The molecule has 0 bridgehead atoms. The van der Waals surface area contributed by atoms with E-state index in [0.29, 0.717) is 16.9 Å². The zero-order chi connectivity index (χ0) is 16.9. The minimum Gasteiger partial charge on any atom is -0.463 e. The molecule has 0 aromatic carbocycles. The van der Waals surface area contributed by atoms with Gasteiger partial charge in [-0.15, -0.1) is 5.10 Å². The molecule has 0 radical (unpaired) electrons. The van der Waals surface area contributed by atoms with E-state index in [9.17, 15) is 4.79 Å². The normalized spacial score (nSPS) is 11.2. The highest BCUT2D eigenvalue weighted by Gasteiger charge is 2.12. The number of nitrogens with one attached hydrogen (secondary N) is 2. The van der Waals surface area contributed by atoms with Crippen molar-refractivity contribution in [2.45, 2.75) is 19.0 Å². The number of H-pyrrole nitrogens is 1. The van der Waals surface area contributed by atoms with Gasteiger partial charge < -0.3 is 4.42 Å². The molecule has 3 heterocycles. The molecule has 0 spiro atoms. The highest BCUT2D eigenvalue weighted by atomic mass is 32.2. The van der Waals surface area contributed by atoms with E-state index >= 15 is 0 Å². The molecule has 3 aromatic heterocycles. The predicted octanol–water partition coefficient (Wildman–Crippen LogP) is 2.09. The second kappa shape index (κ2) is 7.13. The quantitative estimate of drug-likeness (QED) is 0.399.